The minimum absolute atomic E-state index is 0.0742. The van der Waals surface area contributed by atoms with Gasteiger partial charge in [-0.2, -0.15) is 5.26 Å². The van der Waals surface area contributed by atoms with Crippen molar-refractivity contribution in [3.8, 4) is 6.07 Å². The SMILES string of the molecule is N#CCC1CCc2ccccc2C1=O. The fraction of sp³-hybridized carbons (Fsp3) is 0.333. The van der Waals surface area contributed by atoms with Gasteiger partial charge in [-0.05, 0) is 18.4 Å². The van der Waals surface area contributed by atoms with Gasteiger partial charge in [0.2, 0.25) is 0 Å². The number of carbonyl (C=O) groups excluding carboxylic acids is 1. The Morgan fingerprint density at radius 3 is 3.00 bits per heavy atom. The van der Waals surface area contributed by atoms with Crippen LogP contribution >= 0.6 is 0 Å². The highest BCUT2D eigenvalue weighted by Crippen LogP contribution is 2.26. The molecule has 1 aliphatic carbocycles. The number of fused-ring (bicyclic) bond motifs is 1. The van der Waals surface area contributed by atoms with Crippen molar-refractivity contribution in [2.24, 2.45) is 5.92 Å². The topological polar surface area (TPSA) is 40.9 Å². The Morgan fingerprint density at radius 1 is 1.43 bits per heavy atom. The quantitative estimate of drug-likeness (QED) is 0.673. The zero-order chi connectivity index (χ0) is 9.97. The Kier molecular flexibility index (Phi) is 2.32. The average molecular weight is 185 g/mol. The molecule has 0 heterocycles. The molecule has 0 bridgehead atoms. The molecule has 1 aromatic carbocycles. The van der Waals surface area contributed by atoms with Crippen molar-refractivity contribution in [1.29, 1.82) is 5.26 Å². The summed E-state index contributed by atoms with van der Waals surface area (Å²) in [5, 5.41) is 8.58. The fourth-order valence-corrected chi connectivity index (χ4v) is 1.96. The first-order valence-corrected chi connectivity index (χ1v) is 4.82. The molecule has 1 aromatic rings. The first-order chi connectivity index (χ1) is 6.83. The second-order valence-corrected chi connectivity index (χ2v) is 3.62. The minimum Gasteiger partial charge on any atom is -0.294 e. The lowest BCUT2D eigenvalue weighted by atomic mass is 9.81. The van der Waals surface area contributed by atoms with Crippen LogP contribution < -0.4 is 0 Å². The number of benzene rings is 1. The van der Waals surface area contributed by atoms with E-state index in [0.29, 0.717) is 6.42 Å². The molecular weight excluding hydrogens is 174 g/mol. The zero-order valence-electron chi connectivity index (χ0n) is 7.86. The maximum atomic E-state index is 11.9. The summed E-state index contributed by atoms with van der Waals surface area (Å²) in [4.78, 5) is 11.9. The van der Waals surface area contributed by atoms with E-state index in [-0.39, 0.29) is 11.7 Å². The molecule has 0 radical (unpaired) electrons. The molecule has 2 nitrogen and oxygen atoms in total. The summed E-state index contributed by atoms with van der Waals surface area (Å²) < 4.78 is 0. The van der Waals surface area contributed by atoms with Crippen molar-refractivity contribution in [3.63, 3.8) is 0 Å². The Bertz CT molecular complexity index is 403. The summed E-state index contributed by atoms with van der Waals surface area (Å²) >= 11 is 0. The van der Waals surface area contributed by atoms with Gasteiger partial charge in [0.1, 0.15) is 0 Å². The first-order valence-electron chi connectivity index (χ1n) is 4.82. The average Bonchev–Trinajstić information content (AvgIpc) is 2.23. The van der Waals surface area contributed by atoms with Gasteiger partial charge in [-0.15, -0.1) is 0 Å². The lowest BCUT2D eigenvalue weighted by molar-refractivity contribution is 0.0904. The highest BCUT2D eigenvalue weighted by molar-refractivity contribution is 6.00. The molecule has 1 unspecified atom stereocenters. The molecular formula is C12H11NO. The second-order valence-electron chi connectivity index (χ2n) is 3.62. The molecule has 0 spiro atoms. The zero-order valence-corrected chi connectivity index (χ0v) is 7.86. The molecule has 0 saturated heterocycles. The van der Waals surface area contributed by atoms with Crippen LogP contribution in [0.3, 0.4) is 0 Å². The molecule has 0 saturated carbocycles. The molecule has 14 heavy (non-hydrogen) atoms. The number of aryl methyl sites for hydroxylation is 1. The van der Waals surface area contributed by atoms with Crippen LogP contribution in [-0.4, -0.2) is 5.78 Å². The van der Waals surface area contributed by atoms with Crippen molar-refractivity contribution in [3.05, 3.63) is 35.4 Å². The van der Waals surface area contributed by atoms with Crippen LogP contribution in [-0.2, 0) is 6.42 Å². The van der Waals surface area contributed by atoms with Crippen molar-refractivity contribution in [2.45, 2.75) is 19.3 Å². The van der Waals surface area contributed by atoms with Gasteiger partial charge in [0.25, 0.3) is 0 Å². The third-order valence-corrected chi connectivity index (χ3v) is 2.75. The summed E-state index contributed by atoms with van der Waals surface area (Å²) in [7, 11) is 0. The van der Waals surface area contributed by atoms with Crippen molar-refractivity contribution in [1.82, 2.24) is 0 Å². The summed E-state index contributed by atoms with van der Waals surface area (Å²) in [5.74, 6) is 0.0725. The highest BCUT2D eigenvalue weighted by Gasteiger charge is 2.26. The molecule has 0 amide bonds. The summed E-state index contributed by atoms with van der Waals surface area (Å²) in [6, 6.07) is 9.77. The number of nitrogens with zero attached hydrogens (tertiary/aromatic N) is 1. The maximum absolute atomic E-state index is 11.9. The number of carbonyl (C=O) groups is 1. The first kappa shape index (κ1) is 8.96. The molecule has 1 atom stereocenters. The second kappa shape index (κ2) is 3.63. The van der Waals surface area contributed by atoms with E-state index < -0.39 is 0 Å². The van der Waals surface area contributed by atoms with Crippen molar-refractivity contribution < 1.29 is 4.79 Å². The number of rotatable bonds is 1. The van der Waals surface area contributed by atoms with E-state index in [9.17, 15) is 4.79 Å². The Hall–Kier alpha value is -1.62. The van der Waals surface area contributed by atoms with E-state index in [1.165, 1.54) is 0 Å². The molecule has 0 aliphatic heterocycles. The van der Waals surface area contributed by atoms with E-state index in [1.807, 2.05) is 24.3 Å². The largest absolute Gasteiger partial charge is 0.294 e. The van der Waals surface area contributed by atoms with Crippen LogP contribution in [0.15, 0.2) is 24.3 Å². The third kappa shape index (κ3) is 1.42. The van der Waals surface area contributed by atoms with Gasteiger partial charge < -0.3 is 0 Å². The Labute approximate surface area is 83.2 Å². The smallest absolute Gasteiger partial charge is 0.167 e. The Morgan fingerprint density at radius 2 is 2.21 bits per heavy atom. The van der Waals surface area contributed by atoms with Gasteiger partial charge in [-0.25, -0.2) is 0 Å². The normalized spacial score (nSPS) is 19.9. The number of hydrogen-bond donors (Lipinski definition) is 0. The van der Waals surface area contributed by atoms with Gasteiger partial charge in [-0.3, -0.25) is 4.79 Å². The van der Waals surface area contributed by atoms with Crippen LogP contribution in [0.5, 0.6) is 0 Å². The van der Waals surface area contributed by atoms with Gasteiger partial charge >= 0.3 is 0 Å². The minimum atomic E-state index is -0.0742. The maximum Gasteiger partial charge on any atom is 0.167 e. The molecule has 1 aliphatic rings. The van der Waals surface area contributed by atoms with Crippen LogP contribution in [0.4, 0.5) is 0 Å². The third-order valence-electron chi connectivity index (χ3n) is 2.75. The van der Waals surface area contributed by atoms with Gasteiger partial charge in [0.15, 0.2) is 5.78 Å². The summed E-state index contributed by atoms with van der Waals surface area (Å²) in [6.45, 7) is 0. The molecule has 2 rings (SSSR count). The number of ketones is 1. The Balaban J connectivity index is 2.33. The van der Waals surface area contributed by atoms with Gasteiger partial charge in [0.05, 0.1) is 6.07 Å². The standard InChI is InChI=1S/C12H11NO/c13-8-7-10-6-5-9-3-1-2-4-11(9)12(10)14/h1-4,10H,5-7H2. The monoisotopic (exact) mass is 185 g/mol. The fourth-order valence-electron chi connectivity index (χ4n) is 1.96. The van der Waals surface area contributed by atoms with E-state index in [2.05, 4.69) is 6.07 Å². The number of Topliss-reactive ketones (excluding diaryl/α,β-unsaturated/α-hetero) is 1. The molecule has 0 fully saturated rings. The van der Waals surface area contributed by atoms with Crippen LogP contribution in [0.1, 0.15) is 28.8 Å². The highest BCUT2D eigenvalue weighted by atomic mass is 16.1. The predicted molar refractivity (Wildman–Crippen MR) is 52.8 cm³/mol. The number of hydrogen-bond acceptors (Lipinski definition) is 2. The number of nitriles is 1. The van der Waals surface area contributed by atoms with E-state index in [4.69, 9.17) is 5.26 Å². The molecule has 70 valence electrons. The molecule has 2 heteroatoms. The van der Waals surface area contributed by atoms with E-state index in [1.54, 1.807) is 0 Å². The van der Waals surface area contributed by atoms with Crippen LogP contribution in [0.2, 0.25) is 0 Å². The van der Waals surface area contributed by atoms with Crippen molar-refractivity contribution in [2.75, 3.05) is 0 Å². The van der Waals surface area contributed by atoms with Crippen LogP contribution in [0.25, 0.3) is 0 Å². The van der Waals surface area contributed by atoms with Crippen molar-refractivity contribution >= 4 is 5.78 Å². The predicted octanol–water partition coefficient (Wildman–Crippen LogP) is 2.35. The van der Waals surface area contributed by atoms with Gasteiger partial charge in [0, 0.05) is 17.9 Å². The van der Waals surface area contributed by atoms with E-state index in [0.717, 1.165) is 24.0 Å². The molecule has 0 N–H and O–H groups in total. The van der Waals surface area contributed by atoms with Gasteiger partial charge in [-0.1, -0.05) is 24.3 Å². The lowest BCUT2D eigenvalue weighted by Gasteiger charge is -2.20. The lowest BCUT2D eigenvalue weighted by Crippen LogP contribution is -2.21. The molecule has 0 aromatic heterocycles. The summed E-state index contributed by atoms with van der Waals surface area (Å²) in [5.41, 5.74) is 1.95. The summed E-state index contributed by atoms with van der Waals surface area (Å²) in [6.07, 6.45) is 2.10. The van der Waals surface area contributed by atoms with Crippen LogP contribution in [0, 0.1) is 17.2 Å². The van der Waals surface area contributed by atoms with E-state index >= 15 is 0 Å².